The molecule has 0 amide bonds. The number of carbonyl (C=O) groups excluding carboxylic acids is 1. The molecule has 2 nitrogen and oxygen atoms in total. The Morgan fingerprint density at radius 2 is 2.38 bits per heavy atom. The lowest BCUT2D eigenvalue weighted by Crippen LogP contribution is -2.03. The summed E-state index contributed by atoms with van der Waals surface area (Å²) in [6.07, 6.45) is 4.56. The molecule has 1 aliphatic carbocycles. The van der Waals surface area contributed by atoms with Gasteiger partial charge in [-0.05, 0) is 30.9 Å². The summed E-state index contributed by atoms with van der Waals surface area (Å²) in [6, 6.07) is 3.44. The first kappa shape index (κ1) is 8.70. The highest BCUT2D eigenvalue weighted by atomic mass is 35.5. The molecule has 2 rings (SSSR count). The molecule has 1 heterocycles. The summed E-state index contributed by atoms with van der Waals surface area (Å²) in [5.41, 5.74) is 0.427. The van der Waals surface area contributed by atoms with Gasteiger partial charge in [0.15, 0.2) is 5.78 Å². The second-order valence-electron chi connectivity index (χ2n) is 3.40. The van der Waals surface area contributed by atoms with E-state index in [1.165, 1.54) is 12.8 Å². The van der Waals surface area contributed by atoms with E-state index < -0.39 is 0 Å². The molecule has 0 unspecified atom stereocenters. The minimum atomic E-state index is 0.0769. The van der Waals surface area contributed by atoms with Crippen LogP contribution in [0.15, 0.2) is 18.3 Å². The average Bonchev–Trinajstić information content (AvgIpc) is 2.89. The minimum Gasteiger partial charge on any atom is -0.292 e. The number of pyridine rings is 1. The Morgan fingerprint density at radius 3 is 3.00 bits per heavy atom. The monoisotopic (exact) mass is 195 g/mol. The summed E-state index contributed by atoms with van der Waals surface area (Å²) in [7, 11) is 0. The number of ketones is 1. The number of carbonyl (C=O) groups is 1. The second-order valence-corrected chi connectivity index (χ2v) is 3.81. The van der Waals surface area contributed by atoms with E-state index in [2.05, 4.69) is 4.98 Å². The third-order valence-corrected chi connectivity index (χ3v) is 2.50. The van der Waals surface area contributed by atoms with Crippen molar-refractivity contribution in [1.29, 1.82) is 0 Å². The van der Waals surface area contributed by atoms with E-state index in [1.54, 1.807) is 18.3 Å². The second kappa shape index (κ2) is 3.46. The molecule has 1 saturated carbocycles. The number of halogens is 1. The van der Waals surface area contributed by atoms with Crippen LogP contribution in [0.3, 0.4) is 0 Å². The van der Waals surface area contributed by atoms with Gasteiger partial charge in [0, 0.05) is 12.6 Å². The van der Waals surface area contributed by atoms with Gasteiger partial charge < -0.3 is 0 Å². The molecular formula is C10H10ClNO. The number of hydrogen-bond acceptors (Lipinski definition) is 2. The van der Waals surface area contributed by atoms with E-state index >= 15 is 0 Å². The molecule has 0 bridgehead atoms. The predicted molar refractivity (Wildman–Crippen MR) is 50.9 cm³/mol. The van der Waals surface area contributed by atoms with Crippen molar-refractivity contribution >= 4 is 17.4 Å². The Hall–Kier alpha value is -0.890. The van der Waals surface area contributed by atoms with Crippen LogP contribution in [0.4, 0.5) is 0 Å². The van der Waals surface area contributed by atoms with Gasteiger partial charge in [0.05, 0.1) is 5.02 Å². The van der Waals surface area contributed by atoms with Crippen molar-refractivity contribution in [1.82, 2.24) is 4.98 Å². The number of aromatic nitrogens is 1. The zero-order valence-corrected chi connectivity index (χ0v) is 7.92. The Labute approximate surface area is 81.9 Å². The summed E-state index contributed by atoms with van der Waals surface area (Å²) < 4.78 is 0. The van der Waals surface area contributed by atoms with Crippen LogP contribution in [0, 0.1) is 5.92 Å². The lowest BCUT2D eigenvalue weighted by Gasteiger charge is -1.99. The summed E-state index contributed by atoms with van der Waals surface area (Å²) in [5, 5.41) is 0.466. The Bertz CT molecular complexity index is 333. The maximum Gasteiger partial charge on any atom is 0.182 e. The van der Waals surface area contributed by atoms with Gasteiger partial charge in [0.1, 0.15) is 5.69 Å². The number of Topliss-reactive ketones (excluding diaryl/α,β-unsaturated/α-hetero) is 1. The molecule has 1 aliphatic rings. The van der Waals surface area contributed by atoms with Gasteiger partial charge in [0.25, 0.3) is 0 Å². The third kappa shape index (κ3) is 2.07. The summed E-state index contributed by atoms with van der Waals surface area (Å²) >= 11 is 5.84. The first-order chi connectivity index (χ1) is 6.27. The van der Waals surface area contributed by atoms with Gasteiger partial charge in [-0.15, -0.1) is 0 Å². The molecule has 1 aromatic heterocycles. The van der Waals surface area contributed by atoms with Crippen molar-refractivity contribution in [2.45, 2.75) is 19.3 Å². The maximum absolute atomic E-state index is 11.6. The van der Waals surface area contributed by atoms with Crippen LogP contribution >= 0.6 is 11.6 Å². The van der Waals surface area contributed by atoms with Crippen LogP contribution in [0.25, 0.3) is 0 Å². The molecule has 13 heavy (non-hydrogen) atoms. The normalized spacial score (nSPS) is 15.8. The summed E-state index contributed by atoms with van der Waals surface area (Å²) in [4.78, 5) is 15.5. The molecular weight excluding hydrogens is 186 g/mol. The van der Waals surface area contributed by atoms with E-state index in [4.69, 9.17) is 11.6 Å². The molecule has 0 atom stereocenters. The van der Waals surface area contributed by atoms with Gasteiger partial charge in [-0.2, -0.15) is 0 Å². The van der Waals surface area contributed by atoms with Crippen molar-refractivity contribution < 1.29 is 4.79 Å². The quantitative estimate of drug-likeness (QED) is 0.695. The van der Waals surface area contributed by atoms with Crippen molar-refractivity contribution in [3.05, 3.63) is 29.0 Å². The summed E-state index contributed by atoms with van der Waals surface area (Å²) in [6.45, 7) is 0. The minimum absolute atomic E-state index is 0.0769. The van der Waals surface area contributed by atoms with Crippen molar-refractivity contribution in [2.75, 3.05) is 0 Å². The Morgan fingerprint density at radius 1 is 1.62 bits per heavy atom. The maximum atomic E-state index is 11.6. The molecule has 0 aromatic carbocycles. The third-order valence-electron chi connectivity index (χ3n) is 2.19. The molecule has 3 heteroatoms. The number of nitrogens with zero attached hydrogens (tertiary/aromatic N) is 1. The molecule has 1 fully saturated rings. The predicted octanol–water partition coefficient (Wildman–Crippen LogP) is 2.72. The van der Waals surface area contributed by atoms with E-state index in [0.29, 0.717) is 23.1 Å². The van der Waals surface area contributed by atoms with Gasteiger partial charge in [-0.1, -0.05) is 11.6 Å². The van der Waals surface area contributed by atoms with E-state index in [-0.39, 0.29) is 5.78 Å². The lowest BCUT2D eigenvalue weighted by atomic mass is 10.1. The zero-order valence-electron chi connectivity index (χ0n) is 7.16. The van der Waals surface area contributed by atoms with Crippen LogP contribution in [0.5, 0.6) is 0 Å². The highest BCUT2D eigenvalue weighted by Crippen LogP contribution is 2.33. The molecule has 0 aliphatic heterocycles. The highest BCUT2D eigenvalue weighted by Gasteiger charge is 2.26. The van der Waals surface area contributed by atoms with Crippen molar-refractivity contribution in [3.8, 4) is 0 Å². The fraction of sp³-hybridized carbons (Fsp3) is 0.400. The molecule has 0 N–H and O–H groups in total. The smallest absolute Gasteiger partial charge is 0.182 e. The van der Waals surface area contributed by atoms with Crippen LogP contribution in [0.2, 0.25) is 5.02 Å². The number of hydrogen-bond donors (Lipinski definition) is 0. The highest BCUT2D eigenvalue weighted by molar-refractivity contribution is 6.33. The number of rotatable bonds is 3. The van der Waals surface area contributed by atoms with E-state index in [1.807, 2.05) is 0 Å². The van der Waals surface area contributed by atoms with Gasteiger partial charge in [0.2, 0.25) is 0 Å². The van der Waals surface area contributed by atoms with Crippen molar-refractivity contribution in [3.63, 3.8) is 0 Å². The van der Waals surface area contributed by atoms with Crippen LogP contribution in [-0.2, 0) is 0 Å². The Kier molecular flexibility index (Phi) is 2.32. The van der Waals surface area contributed by atoms with Crippen LogP contribution in [0.1, 0.15) is 29.8 Å². The molecule has 1 aromatic rings. The molecule has 68 valence electrons. The fourth-order valence-corrected chi connectivity index (χ4v) is 1.50. The largest absolute Gasteiger partial charge is 0.292 e. The zero-order chi connectivity index (χ0) is 9.26. The molecule has 0 radical (unpaired) electrons. The van der Waals surface area contributed by atoms with Gasteiger partial charge >= 0.3 is 0 Å². The van der Waals surface area contributed by atoms with Gasteiger partial charge in [-0.3, -0.25) is 9.78 Å². The SMILES string of the molecule is O=C(CC1CC1)c1ncccc1Cl. The van der Waals surface area contributed by atoms with E-state index in [9.17, 15) is 4.79 Å². The van der Waals surface area contributed by atoms with Crippen LogP contribution < -0.4 is 0 Å². The first-order valence-corrected chi connectivity index (χ1v) is 4.79. The Balaban J connectivity index is 2.13. The fourth-order valence-electron chi connectivity index (χ4n) is 1.27. The first-order valence-electron chi connectivity index (χ1n) is 4.41. The standard InChI is InChI=1S/C10H10ClNO/c11-8-2-1-5-12-10(8)9(13)6-7-3-4-7/h1-2,5,7H,3-4,6H2. The summed E-state index contributed by atoms with van der Waals surface area (Å²) in [5.74, 6) is 0.665. The van der Waals surface area contributed by atoms with E-state index in [0.717, 1.165) is 0 Å². The van der Waals surface area contributed by atoms with Crippen molar-refractivity contribution in [2.24, 2.45) is 5.92 Å². The topological polar surface area (TPSA) is 30.0 Å². The molecule has 0 spiro atoms. The lowest BCUT2D eigenvalue weighted by molar-refractivity contribution is 0.0971. The average molecular weight is 196 g/mol. The molecule has 0 saturated heterocycles. The van der Waals surface area contributed by atoms with Crippen LogP contribution in [-0.4, -0.2) is 10.8 Å². The van der Waals surface area contributed by atoms with Gasteiger partial charge in [-0.25, -0.2) is 0 Å².